The Labute approximate surface area is 191 Å². The van der Waals surface area contributed by atoms with Crippen molar-refractivity contribution >= 4 is 41.4 Å². The first-order valence-electron chi connectivity index (χ1n) is 10.2. The molecule has 12 nitrogen and oxygen atoms in total. The number of rotatable bonds is 16. The largest absolute Gasteiger partial charge is 0.480 e. The molecule has 0 radical (unpaired) electrons. The number of amides is 4. The fraction of sp³-hybridized carbons (Fsp3) is 0.737. The highest BCUT2D eigenvalue weighted by molar-refractivity contribution is 7.98. The summed E-state index contributed by atoms with van der Waals surface area (Å²) >= 11 is 1.45. The second-order valence-electron chi connectivity index (χ2n) is 7.73. The lowest BCUT2D eigenvalue weighted by molar-refractivity contribution is -0.142. The number of primary amides is 1. The minimum atomic E-state index is -1.35. The van der Waals surface area contributed by atoms with Crippen LogP contribution in [0, 0.1) is 5.92 Å². The van der Waals surface area contributed by atoms with E-state index in [1.54, 1.807) is 0 Å². The second-order valence-corrected chi connectivity index (χ2v) is 8.71. The molecule has 0 aliphatic rings. The summed E-state index contributed by atoms with van der Waals surface area (Å²) in [6.07, 6.45) is 1.86. The van der Waals surface area contributed by atoms with Crippen LogP contribution < -0.4 is 27.4 Å². The van der Waals surface area contributed by atoms with Crippen molar-refractivity contribution in [2.75, 3.05) is 18.6 Å². The molecule has 4 amide bonds. The van der Waals surface area contributed by atoms with Crippen molar-refractivity contribution in [3.63, 3.8) is 0 Å². The third-order valence-electron chi connectivity index (χ3n) is 4.41. The molecule has 0 aromatic rings. The number of carbonyl (C=O) groups is 5. The van der Waals surface area contributed by atoms with Gasteiger partial charge in [0.15, 0.2) is 0 Å². The van der Waals surface area contributed by atoms with Crippen molar-refractivity contribution in [1.29, 1.82) is 0 Å². The van der Waals surface area contributed by atoms with Crippen LogP contribution in [0.2, 0.25) is 0 Å². The molecule has 0 aliphatic heterocycles. The van der Waals surface area contributed by atoms with E-state index in [1.807, 2.05) is 20.1 Å². The van der Waals surface area contributed by atoms with Gasteiger partial charge in [0.05, 0.1) is 6.61 Å². The standard InChI is InChI=1S/C19H35N5O7S/c1-10(2)8-14(18(29)23-13(19(30)31)4-5-15(21)26)24-17(28)12(6-7-32-3)22-16(27)11(20)9-25/h10-14,25H,4-9,20H2,1-3H3,(H2,21,26)(H,22,27)(H,23,29)(H,24,28)(H,30,31). The zero-order valence-corrected chi connectivity index (χ0v) is 19.4. The number of hydrogen-bond donors (Lipinski definition) is 7. The van der Waals surface area contributed by atoms with E-state index in [2.05, 4.69) is 16.0 Å². The molecule has 0 bridgehead atoms. The molecule has 0 saturated heterocycles. The maximum atomic E-state index is 12.8. The van der Waals surface area contributed by atoms with Gasteiger partial charge in [-0.1, -0.05) is 13.8 Å². The molecule has 9 N–H and O–H groups in total. The average Bonchev–Trinajstić information content (AvgIpc) is 2.71. The number of aliphatic hydroxyl groups excluding tert-OH is 1. The molecular weight excluding hydrogens is 442 g/mol. The zero-order valence-electron chi connectivity index (χ0n) is 18.6. The molecule has 0 rings (SSSR count). The van der Waals surface area contributed by atoms with Crippen LogP contribution in [0.5, 0.6) is 0 Å². The quantitative estimate of drug-likeness (QED) is 0.129. The number of nitrogens with one attached hydrogen (secondary N) is 3. The molecule has 184 valence electrons. The Kier molecular flexibility index (Phi) is 14.3. The number of aliphatic carboxylic acids is 1. The molecule has 0 heterocycles. The van der Waals surface area contributed by atoms with Crippen LogP contribution >= 0.6 is 11.8 Å². The van der Waals surface area contributed by atoms with Gasteiger partial charge >= 0.3 is 5.97 Å². The number of aliphatic hydroxyl groups is 1. The normalized spacial score (nSPS) is 14.7. The number of carboxylic acid groups (broad SMARTS) is 1. The van der Waals surface area contributed by atoms with Crippen LogP contribution in [0.3, 0.4) is 0 Å². The fourth-order valence-electron chi connectivity index (χ4n) is 2.66. The summed E-state index contributed by atoms with van der Waals surface area (Å²) in [5.41, 5.74) is 10.5. The SMILES string of the molecule is CSCCC(NC(=O)C(N)CO)C(=O)NC(CC(C)C)C(=O)NC(CCC(N)=O)C(=O)O. The van der Waals surface area contributed by atoms with Crippen LogP contribution in [-0.4, -0.2) is 82.6 Å². The predicted molar refractivity (Wildman–Crippen MR) is 119 cm³/mol. The van der Waals surface area contributed by atoms with Crippen LogP contribution in [-0.2, 0) is 24.0 Å². The highest BCUT2D eigenvalue weighted by Crippen LogP contribution is 2.09. The third kappa shape index (κ3) is 11.9. The van der Waals surface area contributed by atoms with E-state index in [-0.39, 0.29) is 31.6 Å². The summed E-state index contributed by atoms with van der Waals surface area (Å²) in [6.45, 7) is 3.05. The highest BCUT2D eigenvalue weighted by atomic mass is 32.2. The van der Waals surface area contributed by atoms with E-state index in [9.17, 15) is 29.1 Å². The van der Waals surface area contributed by atoms with E-state index < -0.39 is 60.4 Å². The molecule has 13 heteroatoms. The van der Waals surface area contributed by atoms with Gasteiger partial charge in [0.2, 0.25) is 23.6 Å². The fourth-order valence-corrected chi connectivity index (χ4v) is 3.13. The van der Waals surface area contributed by atoms with Gasteiger partial charge < -0.3 is 37.6 Å². The number of hydrogen-bond acceptors (Lipinski definition) is 8. The molecule has 0 aromatic carbocycles. The van der Waals surface area contributed by atoms with Gasteiger partial charge in [-0.05, 0) is 37.2 Å². The number of carboxylic acids is 1. The maximum Gasteiger partial charge on any atom is 0.326 e. The van der Waals surface area contributed by atoms with Gasteiger partial charge in [-0.25, -0.2) is 4.79 Å². The molecule has 0 aromatic heterocycles. The summed E-state index contributed by atoms with van der Waals surface area (Å²) in [4.78, 5) is 60.0. The molecular formula is C19H35N5O7S. The van der Waals surface area contributed by atoms with Gasteiger partial charge in [-0.2, -0.15) is 11.8 Å². The van der Waals surface area contributed by atoms with Crippen LogP contribution in [0.4, 0.5) is 0 Å². The summed E-state index contributed by atoms with van der Waals surface area (Å²) in [5, 5.41) is 25.7. The highest BCUT2D eigenvalue weighted by Gasteiger charge is 2.30. The lowest BCUT2D eigenvalue weighted by Crippen LogP contribution is -2.57. The monoisotopic (exact) mass is 477 g/mol. The third-order valence-corrected chi connectivity index (χ3v) is 5.06. The van der Waals surface area contributed by atoms with Crippen LogP contribution in [0.1, 0.15) is 39.5 Å². The average molecular weight is 478 g/mol. The number of carbonyl (C=O) groups excluding carboxylic acids is 4. The molecule has 4 unspecified atom stereocenters. The van der Waals surface area contributed by atoms with Crippen molar-refractivity contribution in [2.24, 2.45) is 17.4 Å². The van der Waals surface area contributed by atoms with Gasteiger partial charge in [-0.3, -0.25) is 19.2 Å². The smallest absolute Gasteiger partial charge is 0.326 e. The predicted octanol–water partition coefficient (Wildman–Crippen LogP) is -2.09. The summed E-state index contributed by atoms with van der Waals surface area (Å²) in [5.74, 6) is -3.61. The van der Waals surface area contributed by atoms with E-state index in [0.717, 1.165) is 0 Å². The molecule has 0 spiro atoms. The van der Waals surface area contributed by atoms with Gasteiger partial charge in [-0.15, -0.1) is 0 Å². The minimum absolute atomic E-state index is 0.0259. The van der Waals surface area contributed by atoms with E-state index in [1.165, 1.54) is 11.8 Å². The maximum absolute atomic E-state index is 12.8. The summed E-state index contributed by atoms with van der Waals surface area (Å²) in [7, 11) is 0. The Hall–Kier alpha value is -2.38. The van der Waals surface area contributed by atoms with E-state index in [4.69, 9.17) is 16.6 Å². The van der Waals surface area contributed by atoms with Crippen LogP contribution in [0.25, 0.3) is 0 Å². The Morgan fingerprint density at radius 1 is 0.906 bits per heavy atom. The topological polar surface area (TPSA) is 214 Å². The first-order chi connectivity index (χ1) is 14.9. The van der Waals surface area contributed by atoms with E-state index >= 15 is 0 Å². The molecule has 0 aliphatic carbocycles. The van der Waals surface area contributed by atoms with Gasteiger partial charge in [0.25, 0.3) is 0 Å². The number of nitrogens with two attached hydrogens (primary N) is 2. The molecule has 0 saturated carbocycles. The van der Waals surface area contributed by atoms with Crippen molar-refractivity contribution in [1.82, 2.24) is 16.0 Å². The Balaban J connectivity index is 5.41. The first kappa shape index (κ1) is 29.6. The molecule has 32 heavy (non-hydrogen) atoms. The minimum Gasteiger partial charge on any atom is -0.480 e. The van der Waals surface area contributed by atoms with Crippen LogP contribution in [0.15, 0.2) is 0 Å². The van der Waals surface area contributed by atoms with Crippen molar-refractivity contribution in [2.45, 2.75) is 63.7 Å². The zero-order chi connectivity index (χ0) is 24.8. The molecule has 4 atom stereocenters. The lowest BCUT2D eigenvalue weighted by Gasteiger charge is -2.26. The second kappa shape index (κ2) is 15.4. The Bertz CT molecular complexity index is 662. The summed E-state index contributed by atoms with van der Waals surface area (Å²) < 4.78 is 0. The van der Waals surface area contributed by atoms with Gasteiger partial charge in [0.1, 0.15) is 24.2 Å². The molecule has 0 fully saturated rings. The number of thioether (sulfide) groups is 1. The van der Waals surface area contributed by atoms with Crippen molar-refractivity contribution in [3.8, 4) is 0 Å². The first-order valence-corrected chi connectivity index (χ1v) is 11.6. The van der Waals surface area contributed by atoms with Gasteiger partial charge in [0, 0.05) is 6.42 Å². The van der Waals surface area contributed by atoms with E-state index in [0.29, 0.717) is 5.75 Å². The summed E-state index contributed by atoms with van der Waals surface area (Å²) in [6, 6.07) is -4.62. The Morgan fingerprint density at radius 3 is 1.91 bits per heavy atom. The van der Waals surface area contributed by atoms with Crippen molar-refractivity contribution in [3.05, 3.63) is 0 Å². The van der Waals surface area contributed by atoms with Crippen molar-refractivity contribution < 1.29 is 34.2 Å². The Morgan fingerprint density at radius 2 is 1.44 bits per heavy atom. The lowest BCUT2D eigenvalue weighted by atomic mass is 10.0.